The molecule has 0 aromatic rings. The van der Waals surface area contributed by atoms with Gasteiger partial charge in [0.1, 0.15) is 0 Å². The zero-order chi connectivity index (χ0) is 25.5. The minimum Gasteiger partial charge on any atom is -0.396 e. The molecule has 3 unspecified atom stereocenters. The van der Waals surface area contributed by atoms with Gasteiger partial charge in [0.2, 0.25) is 0 Å². The summed E-state index contributed by atoms with van der Waals surface area (Å²) in [5.74, 6) is 1.02. The third-order valence-corrected chi connectivity index (χ3v) is 8.44. The van der Waals surface area contributed by atoms with Crippen molar-refractivity contribution in [2.75, 3.05) is 26.1 Å². The molecule has 3 fully saturated rings. The summed E-state index contributed by atoms with van der Waals surface area (Å²) in [6.07, 6.45) is 5.05. The SMILES string of the molecule is C=C1CC(CCCO)O[C@H]1CC[C@H]1C[C@@H](C)C(=C)[C@@H](C[C@@H]2O[C@H](CC(O)CO)[C@H](OC)C2CS)O1. The fourth-order valence-electron chi connectivity index (χ4n) is 5.94. The Labute approximate surface area is 216 Å². The van der Waals surface area contributed by atoms with Crippen LogP contribution in [0.1, 0.15) is 58.3 Å². The highest BCUT2D eigenvalue weighted by Crippen LogP contribution is 2.40. The maximum atomic E-state index is 9.97. The predicted molar refractivity (Wildman–Crippen MR) is 139 cm³/mol. The van der Waals surface area contributed by atoms with E-state index in [0.29, 0.717) is 24.5 Å². The lowest BCUT2D eigenvalue weighted by Crippen LogP contribution is -2.38. The van der Waals surface area contributed by atoms with Crippen molar-refractivity contribution < 1.29 is 34.3 Å². The fourth-order valence-corrected chi connectivity index (χ4v) is 6.38. The van der Waals surface area contributed by atoms with Crippen molar-refractivity contribution in [2.45, 2.75) is 107 Å². The Balaban J connectivity index is 1.57. The first-order chi connectivity index (χ1) is 16.8. The molecule has 0 bridgehead atoms. The molecule has 3 aliphatic rings. The Kier molecular flexibility index (Phi) is 11.6. The highest BCUT2D eigenvalue weighted by molar-refractivity contribution is 7.80. The predicted octanol–water partition coefficient (Wildman–Crippen LogP) is 3.06. The van der Waals surface area contributed by atoms with Gasteiger partial charge in [-0.3, -0.25) is 0 Å². The average molecular weight is 515 g/mol. The molecule has 3 aliphatic heterocycles. The molecule has 0 amide bonds. The van der Waals surface area contributed by atoms with Crippen LogP contribution in [-0.2, 0) is 18.9 Å². The number of ether oxygens (including phenoxy) is 4. The molecule has 3 N–H and O–H groups in total. The summed E-state index contributed by atoms with van der Waals surface area (Å²) in [4.78, 5) is 0. The van der Waals surface area contributed by atoms with E-state index in [2.05, 4.69) is 32.7 Å². The summed E-state index contributed by atoms with van der Waals surface area (Å²) in [5.41, 5.74) is 2.25. The molecule has 0 aromatic carbocycles. The molecule has 3 rings (SSSR count). The molecule has 35 heavy (non-hydrogen) atoms. The molecule has 0 saturated carbocycles. The summed E-state index contributed by atoms with van der Waals surface area (Å²) in [5, 5.41) is 28.3. The normalized spacial score (nSPS) is 38.9. The van der Waals surface area contributed by atoms with Crippen LogP contribution in [0, 0.1) is 11.8 Å². The first kappa shape index (κ1) is 29.1. The molecule has 3 heterocycles. The van der Waals surface area contributed by atoms with Gasteiger partial charge < -0.3 is 34.3 Å². The molecule has 0 aromatic heterocycles. The second-order valence-corrected chi connectivity index (χ2v) is 10.9. The molecule has 10 atom stereocenters. The number of hydrogen-bond acceptors (Lipinski definition) is 8. The number of methoxy groups -OCH3 is 1. The maximum Gasteiger partial charge on any atom is 0.0894 e. The first-order valence-corrected chi connectivity index (χ1v) is 13.8. The van der Waals surface area contributed by atoms with Crippen molar-refractivity contribution in [3.63, 3.8) is 0 Å². The summed E-state index contributed by atoms with van der Waals surface area (Å²) >= 11 is 4.57. The molecule has 0 radical (unpaired) electrons. The molecule has 7 nitrogen and oxygen atoms in total. The highest BCUT2D eigenvalue weighted by Gasteiger charge is 2.46. The molecule has 0 aliphatic carbocycles. The standard InChI is InChI=1S/C27H46O7S/c1-16-10-21(7-8-23-17(2)11-20(32-23)6-5-9-28)33-24(18(16)3)13-25-22(15-35)27(31-4)26(34-25)12-19(30)14-29/h16,19-30,35H,2-3,5-15H2,1,4H3/t16-,19?,20?,21+,22?,23+,24-,25+,26-,27-/m1/s1. The Bertz CT molecular complexity index is 688. The number of hydrogen-bond donors (Lipinski definition) is 4. The van der Waals surface area contributed by atoms with Crippen LogP contribution in [0.4, 0.5) is 0 Å². The summed E-state index contributed by atoms with van der Waals surface area (Å²) < 4.78 is 24.8. The van der Waals surface area contributed by atoms with Crippen LogP contribution < -0.4 is 0 Å². The lowest BCUT2D eigenvalue weighted by atomic mass is 9.83. The van der Waals surface area contributed by atoms with Crippen LogP contribution in [0.3, 0.4) is 0 Å². The maximum absolute atomic E-state index is 9.97. The highest BCUT2D eigenvalue weighted by atomic mass is 32.1. The Hall–Kier alpha value is -0.450. The van der Waals surface area contributed by atoms with E-state index in [1.54, 1.807) is 7.11 Å². The third kappa shape index (κ3) is 7.54. The van der Waals surface area contributed by atoms with Gasteiger partial charge in [0.05, 0.1) is 55.4 Å². The Morgan fingerprint density at radius 1 is 1.06 bits per heavy atom. The lowest BCUT2D eigenvalue weighted by Gasteiger charge is -2.38. The van der Waals surface area contributed by atoms with Gasteiger partial charge in [0.15, 0.2) is 0 Å². The Morgan fingerprint density at radius 2 is 1.80 bits per heavy atom. The minimum atomic E-state index is -0.835. The van der Waals surface area contributed by atoms with E-state index in [1.165, 1.54) is 0 Å². The number of aliphatic hydroxyl groups excluding tert-OH is 3. The van der Waals surface area contributed by atoms with Crippen LogP contribution in [0.2, 0.25) is 0 Å². The summed E-state index contributed by atoms with van der Waals surface area (Å²) in [6, 6.07) is 0. The Morgan fingerprint density at radius 3 is 2.46 bits per heavy atom. The topological polar surface area (TPSA) is 97.6 Å². The van der Waals surface area contributed by atoms with E-state index in [4.69, 9.17) is 24.1 Å². The second kappa shape index (κ2) is 13.9. The first-order valence-electron chi connectivity index (χ1n) is 13.2. The van der Waals surface area contributed by atoms with Crippen LogP contribution in [0.5, 0.6) is 0 Å². The number of aliphatic hydroxyl groups is 3. The molecule has 202 valence electrons. The summed E-state index contributed by atoms with van der Waals surface area (Å²) in [6.45, 7) is 10.7. The molecular formula is C27H46O7S. The van der Waals surface area contributed by atoms with Gasteiger partial charge in [-0.05, 0) is 61.3 Å². The van der Waals surface area contributed by atoms with E-state index in [1.807, 2.05) is 0 Å². The smallest absolute Gasteiger partial charge is 0.0894 e. The zero-order valence-electron chi connectivity index (χ0n) is 21.4. The van der Waals surface area contributed by atoms with Crippen LogP contribution in [0.25, 0.3) is 0 Å². The largest absolute Gasteiger partial charge is 0.396 e. The van der Waals surface area contributed by atoms with Gasteiger partial charge in [0.25, 0.3) is 0 Å². The van der Waals surface area contributed by atoms with Gasteiger partial charge in [-0.2, -0.15) is 12.6 Å². The van der Waals surface area contributed by atoms with Crippen molar-refractivity contribution in [1.29, 1.82) is 0 Å². The monoisotopic (exact) mass is 514 g/mol. The second-order valence-electron chi connectivity index (χ2n) is 10.6. The molecule has 3 saturated heterocycles. The molecular weight excluding hydrogens is 468 g/mol. The van der Waals surface area contributed by atoms with E-state index in [0.717, 1.165) is 49.7 Å². The number of thiol groups is 1. The minimum absolute atomic E-state index is 0.0640. The van der Waals surface area contributed by atoms with E-state index < -0.39 is 6.10 Å². The fraction of sp³-hybridized carbons (Fsp3) is 0.852. The zero-order valence-corrected chi connectivity index (χ0v) is 22.3. The van der Waals surface area contributed by atoms with Crippen molar-refractivity contribution in [3.05, 3.63) is 24.3 Å². The lowest BCUT2D eigenvalue weighted by molar-refractivity contribution is -0.0790. The van der Waals surface area contributed by atoms with Gasteiger partial charge in [0, 0.05) is 32.5 Å². The van der Waals surface area contributed by atoms with Gasteiger partial charge >= 0.3 is 0 Å². The van der Waals surface area contributed by atoms with E-state index in [-0.39, 0.29) is 61.9 Å². The third-order valence-electron chi connectivity index (χ3n) is 8.02. The van der Waals surface area contributed by atoms with Crippen molar-refractivity contribution in [2.24, 2.45) is 11.8 Å². The van der Waals surface area contributed by atoms with E-state index in [9.17, 15) is 10.2 Å². The van der Waals surface area contributed by atoms with Gasteiger partial charge in [-0.15, -0.1) is 0 Å². The summed E-state index contributed by atoms with van der Waals surface area (Å²) in [7, 11) is 1.66. The quantitative estimate of drug-likeness (QED) is 0.222. The number of rotatable bonds is 13. The van der Waals surface area contributed by atoms with E-state index >= 15 is 0 Å². The van der Waals surface area contributed by atoms with Crippen LogP contribution in [-0.4, -0.2) is 90.2 Å². The van der Waals surface area contributed by atoms with Gasteiger partial charge in [-0.1, -0.05) is 20.1 Å². The van der Waals surface area contributed by atoms with Gasteiger partial charge in [-0.25, -0.2) is 0 Å². The van der Waals surface area contributed by atoms with Crippen molar-refractivity contribution in [1.82, 2.24) is 0 Å². The van der Waals surface area contributed by atoms with Crippen molar-refractivity contribution in [3.8, 4) is 0 Å². The van der Waals surface area contributed by atoms with Crippen LogP contribution in [0.15, 0.2) is 24.3 Å². The molecule has 0 spiro atoms. The molecule has 8 heteroatoms. The van der Waals surface area contributed by atoms with Crippen molar-refractivity contribution >= 4 is 12.6 Å². The average Bonchev–Trinajstić information content (AvgIpc) is 3.37. The van der Waals surface area contributed by atoms with Crippen LogP contribution >= 0.6 is 12.6 Å².